The summed E-state index contributed by atoms with van der Waals surface area (Å²) < 4.78 is 13.3. The first-order chi connectivity index (χ1) is 8.91. The molecule has 0 radical (unpaired) electrons. The average Bonchev–Trinajstić information content (AvgIpc) is 2.35. The van der Waals surface area contributed by atoms with Crippen LogP contribution in [0, 0.1) is 19.8 Å². The largest absolute Gasteiger partial charge is 0.465 e. The van der Waals surface area contributed by atoms with Crippen LogP contribution in [0.15, 0.2) is 0 Å². The minimum atomic E-state index is -0.912. The number of rotatable bonds is 1. The molecule has 0 aliphatic carbocycles. The smallest absolute Gasteiger partial charge is 0.407 e. The van der Waals surface area contributed by atoms with Gasteiger partial charge in [0, 0.05) is 36.8 Å². The molecule has 6 nitrogen and oxygen atoms in total. The van der Waals surface area contributed by atoms with Gasteiger partial charge < -0.3 is 14.9 Å². The van der Waals surface area contributed by atoms with Crippen molar-refractivity contribution in [1.82, 2.24) is 15.1 Å². The van der Waals surface area contributed by atoms with Crippen molar-refractivity contribution in [2.24, 2.45) is 0 Å². The van der Waals surface area contributed by atoms with E-state index in [1.807, 2.05) is 11.8 Å². The highest BCUT2D eigenvalue weighted by atomic mass is 19.1. The first kappa shape index (κ1) is 13.5. The third-order valence-electron chi connectivity index (χ3n) is 3.61. The predicted molar refractivity (Wildman–Crippen MR) is 67.9 cm³/mol. The van der Waals surface area contributed by atoms with E-state index in [9.17, 15) is 9.18 Å². The normalized spacial score (nSPS) is 19.7. The highest BCUT2D eigenvalue weighted by Gasteiger charge is 2.29. The molecule has 2 rings (SSSR count). The maximum atomic E-state index is 13.3. The lowest BCUT2D eigenvalue weighted by molar-refractivity contribution is 0.122. The van der Waals surface area contributed by atoms with E-state index in [1.165, 1.54) is 4.90 Å². The quantitative estimate of drug-likeness (QED) is 0.834. The zero-order chi connectivity index (χ0) is 14.2. The number of piperazine rings is 1. The first-order valence-corrected chi connectivity index (χ1v) is 6.15. The monoisotopic (exact) mass is 268 g/mol. The molecule has 2 heterocycles. The number of carbonyl (C=O) groups is 1. The number of hydrogen-bond acceptors (Lipinski definition) is 4. The topological polar surface area (TPSA) is 69.6 Å². The second kappa shape index (κ2) is 4.99. The zero-order valence-corrected chi connectivity index (χ0v) is 11.2. The highest BCUT2D eigenvalue weighted by Crippen LogP contribution is 2.23. The number of aromatic nitrogens is 2. The molecule has 1 aromatic rings. The lowest BCUT2D eigenvalue weighted by atomic mass is 10.1. The van der Waals surface area contributed by atoms with Gasteiger partial charge in [0.2, 0.25) is 5.95 Å². The molecule has 1 N–H and O–H groups in total. The second-order valence-corrected chi connectivity index (χ2v) is 4.84. The van der Waals surface area contributed by atoms with E-state index >= 15 is 0 Å². The molecule has 1 aliphatic rings. The Morgan fingerprint density at radius 2 is 2.00 bits per heavy atom. The van der Waals surface area contributed by atoms with Crippen LogP contribution in [0.25, 0.3) is 0 Å². The van der Waals surface area contributed by atoms with E-state index in [0.717, 1.165) is 5.56 Å². The highest BCUT2D eigenvalue weighted by molar-refractivity contribution is 5.66. The maximum absolute atomic E-state index is 13.3. The van der Waals surface area contributed by atoms with Crippen LogP contribution in [0.3, 0.4) is 0 Å². The van der Waals surface area contributed by atoms with Crippen molar-refractivity contribution < 1.29 is 14.3 Å². The van der Waals surface area contributed by atoms with Crippen molar-refractivity contribution in [1.29, 1.82) is 0 Å². The number of nitrogens with zero attached hydrogens (tertiary/aromatic N) is 4. The summed E-state index contributed by atoms with van der Waals surface area (Å²) in [7, 11) is 0. The van der Waals surface area contributed by atoms with Crippen LogP contribution in [0.1, 0.15) is 18.1 Å². The van der Waals surface area contributed by atoms with Crippen molar-refractivity contribution in [2.75, 3.05) is 24.5 Å². The van der Waals surface area contributed by atoms with E-state index in [1.54, 1.807) is 13.8 Å². The number of carboxylic acid groups (broad SMARTS) is 1. The minimum absolute atomic E-state index is 0.127. The van der Waals surface area contributed by atoms with Gasteiger partial charge in [-0.1, -0.05) is 0 Å². The summed E-state index contributed by atoms with van der Waals surface area (Å²) in [4.78, 5) is 14.4. The van der Waals surface area contributed by atoms with Crippen LogP contribution in [0.5, 0.6) is 0 Å². The van der Waals surface area contributed by atoms with Gasteiger partial charge in [-0.3, -0.25) is 0 Å². The number of amides is 1. The van der Waals surface area contributed by atoms with Gasteiger partial charge in [-0.25, -0.2) is 4.79 Å². The molecule has 1 aromatic heterocycles. The summed E-state index contributed by atoms with van der Waals surface area (Å²) in [5.74, 6) is 0.0780. The summed E-state index contributed by atoms with van der Waals surface area (Å²) in [6.45, 7) is 6.80. The molecule has 104 valence electrons. The summed E-state index contributed by atoms with van der Waals surface area (Å²) in [6, 6.07) is -0.127. The second-order valence-electron chi connectivity index (χ2n) is 4.84. The van der Waals surface area contributed by atoms with Crippen LogP contribution in [0.2, 0.25) is 0 Å². The van der Waals surface area contributed by atoms with Crippen molar-refractivity contribution in [3.8, 4) is 0 Å². The van der Waals surface area contributed by atoms with E-state index in [0.29, 0.717) is 31.0 Å². The standard InChI is InChI=1S/C12H17FN4O2/c1-7-6-16(4-5-17(7)12(18)19)11-9(3)8(2)10(13)14-15-11/h7H,4-6H2,1-3H3,(H,18,19). The summed E-state index contributed by atoms with van der Waals surface area (Å²) in [5.41, 5.74) is 1.24. The third kappa shape index (κ3) is 2.45. The Kier molecular flexibility index (Phi) is 3.55. The van der Waals surface area contributed by atoms with Crippen molar-refractivity contribution >= 4 is 11.9 Å². The van der Waals surface area contributed by atoms with E-state index < -0.39 is 12.0 Å². The van der Waals surface area contributed by atoms with Gasteiger partial charge in [-0.05, 0) is 20.8 Å². The molecule has 1 fully saturated rings. The summed E-state index contributed by atoms with van der Waals surface area (Å²) in [6.07, 6.45) is -0.912. The molecule has 7 heteroatoms. The first-order valence-electron chi connectivity index (χ1n) is 6.15. The van der Waals surface area contributed by atoms with Gasteiger partial charge in [-0.2, -0.15) is 4.39 Å². The SMILES string of the molecule is Cc1c(F)nnc(N2CCN(C(=O)O)C(C)C2)c1C. The average molecular weight is 268 g/mol. The fourth-order valence-corrected chi connectivity index (χ4v) is 2.30. The molecule has 1 amide bonds. The molecule has 1 aliphatic heterocycles. The van der Waals surface area contributed by atoms with Gasteiger partial charge in [0.25, 0.3) is 0 Å². The van der Waals surface area contributed by atoms with Gasteiger partial charge in [-0.15, -0.1) is 10.2 Å². The molecule has 0 aromatic carbocycles. The Labute approximate surface area is 110 Å². The van der Waals surface area contributed by atoms with E-state index in [-0.39, 0.29) is 6.04 Å². The van der Waals surface area contributed by atoms with Crippen LogP contribution in [0.4, 0.5) is 15.0 Å². The van der Waals surface area contributed by atoms with Gasteiger partial charge in [0.1, 0.15) is 0 Å². The Morgan fingerprint density at radius 3 is 2.58 bits per heavy atom. The lowest BCUT2D eigenvalue weighted by Gasteiger charge is -2.39. The Morgan fingerprint density at radius 1 is 1.32 bits per heavy atom. The lowest BCUT2D eigenvalue weighted by Crippen LogP contribution is -2.54. The Bertz CT molecular complexity index is 509. The van der Waals surface area contributed by atoms with Gasteiger partial charge in [0.05, 0.1) is 0 Å². The van der Waals surface area contributed by atoms with E-state index in [2.05, 4.69) is 10.2 Å². The van der Waals surface area contributed by atoms with Crippen LogP contribution < -0.4 is 4.90 Å². The molecule has 1 unspecified atom stereocenters. The third-order valence-corrected chi connectivity index (χ3v) is 3.61. The molecule has 19 heavy (non-hydrogen) atoms. The predicted octanol–water partition coefficient (Wildman–Crippen LogP) is 1.42. The van der Waals surface area contributed by atoms with Crippen molar-refractivity contribution in [3.05, 3.63) is 17.1 Å². The fourth-order valence-electron chi connectivity index (χ4n) is 2.30. The zero-order valence-electron chi connectivity index (χ0n) is 11.2. The van der Waals surface area contributed by atoms with Gasteiger partial charge in [0.15, 0.2) is 5.82 Å². The summed E-state index contributed by atoms with van der Waals surface area (Å²) in [5, 5.41) is 16.4. The molecular formula is C12H17FN4O2. The molecule has 0 saturated carbocycles. The maximum Gasteiger partial charge on any atom is 0.407 e. The molecule has 0 spiro atoms. The minimum Gasteiger partial charge on any atom is -0.465 e. The fraction of sp³-hybridized carbons (Fsp3) is 0.583. The number of hydrogen-bond donors (Lipinski definition) is 1. The van der Waals surface area contributed by atoms with Crippen LogP contribution >= 0.6 is 0 Å². The molecular weight excluding hydrogens is 251 g/mol. The number of halogens is 1. The van der Waals surface area contributed by atoms with E-state index in [4.69, 9.17) is 5.11 Å². The molecule has 1 atom stereocenters. The summed E-state index contributed by atoms with van der Waals surface area (Å²) >= 11 is 0. The van der Waals surface area contributed by atoms with Gasteiger partial charge >= 0.3 is 6.09 Å². The molecule has 0 bridgehead atoms. The van der Waals surface area contributed by atoms with Crippen LogP contribution in [-0.2, 0) is 0 Å². The number of anilines is 1. The van der Waals surface area contributed by atoms with Crippen molar-refractivity contribution in [2.45, 2.75) is 26.8 Å². The Balaban J connectivity index is 2.21. The Hall–Kier alpha value is -1.92. The van der Waals surface area contributed by atoms with Crippen LogP contribution in [-0.4, -0.2) is 52.0 Å². The molecule has 1 saturated heterocycles. The van der Waals surface area contributed by atoms with Crippen molar-refractivity contribution in [3.63, 3.8) is 0 Å².